The first-order valence-corrected chi connectivity index (χ1v) is 5.18. The van der Waals surface area contributed by atoms with Crippen molar-refractivity contribution < 1.29 is 9.59 Å². The van der Waals surface area contributed by atoms with Gasteiger partial charge in [-0.15, -0.1) is 0 Å². The average molecular weight is 163 g/mol. The summed E-state index contributed by atoms with van der Waals surface area (Å²) in [6.07, 6.45) is 0. The van der Waals surface area contributed by atoms with Crippen LogP contribution in [0.25, 0.3) is 0 Å². The highest BCUT2D eigenvalue weighted by Crippen LogP contribution is 2.30. The molecule has 4 heteroatoms. The molecular weight excluding hydrogens is 146 g/mol. The lowest BCUT2D eigenvalue weighted by Crippen LogP contribution is -2.36. The highest BCUT2D eigenvalue weighted by molar-refractivity contribution is 6.43. The molecule has 0 radical (unpaired) electrons. The third-order valence-electron chi connectivity index (χ3n) is 2.21. The van der Waals surface area contributed by atoms with Crippen LogP contribution in [-0.4, -0.2) is 25.4 Å². The molecule has 0 saturated carbocycles. The number of rotatable bonds is 3. The molecule has 0 aromatic rings. The largest absolute Gasteiger partial charge is 0.413 e. The van der Waals surface area contributed by atoms with Crippen LogP contribution in [0.15, 0.2) is 0 Å². The lowest BCUT2D eigenvalue weighted by atomic mass is 9.90. The van der Waals surface area contributed by atoms with Crippen LogP contribution in [-0.2, 0) is 0 Å². The van der Waals surface area contributed by atoms with Crippen LogP contribution in [0.1, 0.15) is 20.8 Å². The standard InChI is InChI=1S/C6H17NO2Si/c1-5(10(8)9)6(2,3)4-7/h5,8-10H,4,7H2,1-3H3. The first-order chi connectivity index (χ1) is 4.41. The Morgan fingerprint density at radius 3 is 2.00 bits per heavy atom. The highest BCUT2D eigenvalue weighted by Gasteiger charge is 2.30. The van der Waals surface area contributed by atoms with Gasteiger partial charge < -0.3 is 15.3 Å². The number of hydrogen-bond acceptors (Lipinski definition) is 3. The summed E-state index contributed by atoms with van der Waals surface area (Å²) < 4.78 is 0. The fourth-order valence-corrected chi connectivity index (χ4v) is 1.53. The lowest BCUT2D eigenvalue weighted by molar-refractivity contribution is 0.291. The van der Waals surface area contributed by atoms with Crippen molar-refractivity contribution in [3.8, 4) is 0 Å². The van der Waals surface area contributed by atoms with Crippen LogP contribution >= 0.6 is 0 Å². The fraction of sp³-hybridized carbons (Fsp3) is 1.00. The quantitative estimate of drug-likeness (QED) is 0.494. The molecule has 62 valence electrons. The third-order valence-corrected chi connectivity index (χ3v) is 4.00. The van der Waals surface area contributed by atoms with Gasteiger partial charge in [0.2, 0.25) is 0 Å². The normalized spacial score (nSPS) is 15.9. The summed E-state index contributed by atoms with van der Waals surface area (Å²) in [6, 6.07) is 0. The molecule has 1 atom stereocenters. The van der Waals surface area contributed by atoms with Crippen molar-refractivity contribution in [1.82, 2.24) is 0 Å². The molecule has 0 aromatic carbocycles. The van der Waals surface area contributed by atoms with E-state index in [-0.39, 0.29) is 11.0 Å². The van der Waals surface area contributed by atoms with Gasteiger partial charge in [-0.1, -0.05) is 20.8 Å². The van der Waals surface area contributed by atoms with Crippen molar-refractivity contribution in [3.63, 3.8) is 0 Å². The zero-order valence-electron chi connectivity index (χ0n) is 6.83. The van der Waals surface area contributed by atoms with E-state index in [1.54, 1.807) is 0 Å². The van der Waals surface area contributed by atoms with E-state index in [1.165, 1.54) is 0 Å². The van der Waals surface area contributed by atoms with Crippen LogP contribution in [0.2, 0.25) is 5.54 Å². The summed E-state index contributed by atoms with van der Waals surface area (Å²) >= 11 is 0. The predicted molar refractivity (Wildman–Crippen MR) is 43.8 cm³/mol. The van der Waals surface area contributed by atoms with Crippen LogP contribution in [0, 0.1) is 5.41 Å². The minimum Gasteiger partial charge on any atom is -0.413 e. The molecule has 0 bridgehead atoms. The molecule has 0 fully saturated rings. The van der Waals surface area contributed by atoms with Gasteiger partial charge in [-0.25, -0.2) is 0 Å². The number of nitrogens with two attached hydrogens (primary N) is 1. The van der Waals surface area contributed by atoms with Crippen molar-refractivity contribution in [3.05, 3.63) is 0 Å². The predicted octanol–water partition coefficient (Wildman–Crippen LogP) is -0.434. The summed E-state index contributed by atoms with van der Waals surface area (Å²) in [7, 11) is -2.49. The Morgan fingerprint density at radius 2 is 1.90 bits per heavy atom. The van der Waals surface area contributed by atoms with Crippen LogP contribution in [0.4, 0.5) is 0 Å². The van der Waals surface area contributed by atoms with Crippen molar-refractivity contribution in [2.45, 2.75) is 26.3 Å². The molecule has 0 amide bonds. The van der Waals surface area contributed by atoms with Gasteiger partial charge in [0.05, 0.1) is 0 Å². The monoisotopic (exact) mass is 163 g/mol. The smallest absolute Gasteiger partial charge is 0.319 e. The Morgan fingerprint density at radius 1 is 1.50 bits per heavy atom. The number of hydrogen-bond donors (Lipinski definition) is 3. The Labute approximate surface area is 63.7 Å². The molecular formula is C6H17NO2Si. The molecule has 4 N–H and O–H groups in total. The SMILES string of the molecule is CC([SiH](O)O)C(C)(C)CN. The molecule has 10 heavy (non-hydrogen) atoms. The average Bonchev–Trinajstić information content (AvgIpc) is 1.86. The third kappa shape index (κ3) is 2.38. The van der Waals surface area contributed by atoms with Gasteiger partial charge in [0.15, 0.2) is 0 Å². The van der Waals surface area contributed by atoms with Crippen LogP contribution in [0.5, 0.6) is 0 Å². The van der Waals surface area contributed by atoms with E-state index < -0.39 is 9.28 Å². The van der Waals surface area contributed by atoms with E-state index in [2.05, 4.69) is 0 Å². The lowest BCUT2D eigenvalue weighted by Gasteiger charge is -2.30. The van der Waals surface area contributed by atoms with Gasteiger partial charge in [-0.3, -0.25) is 0 Å². The van der Waals surface area contributed by atoms with Gasteiger partial charge >= 0.3 is 9.28 Å². The van der Waals surface area contributed by atoms with Crippen LogP contribution in [0.3, 0.4) is 0 Å². The van der Waals surface area contributed by atoms with E-state index in [1.807, 2.05) is 20.8 Å². The van der Waals surface area contributed by atoms with Crippen LogP contribution < -0.4 is 5.73 Å². The maximum absolute atomic E-state index is 8.93. The molecule has 1 unspecified atom stereocenters. The second-order valence-electron chi connectivity index (χ2n) is 3.39. The van der Waals surface area contributed by atoms with Crippen molar-refractivity contribution >= 4 is 9.28 Å². The Bertz CT molecular complexity index is 106. The Kier molecular flexibility index (Phi) is 3.51. The molecule has 0 spiro atoms. The van der Waals surface area contributed by atoms with Gasteiger partial charge in [0.1, 0.15) is 0 Å². The minimum absolute atomic E-state index is 0.0440. The zero-order valence-corrected chi connectivity index (χ0v) is 7.99. The Balaban J connectivity index is 4.03. The van der Waals surface area contributed by atoms with Gasteiger partial charge in [-0.05, 0) is 12.0 Å². The highest BCUT2D eigenvalue weighted by atomic mass is 28.3. The van der Waals surface area contributed by atoms with Crippen molar-refractivity contribution in [2.75, 3.05) is 6.54 Å². The van der Waals surface area contributed by atoms with E-state index in [4.69, 9.17) is 15.3 Å². The van der Waals surface area contributed by atoms with Crippen molar-refractivity contribution in [1.29, 1.82) is 0 Å². The second-order valence-corrected chi connectivity index (χ2v) is 5.22. The maximum atomic E-state index is 8.93. The molecule has 0 aliphatic rings. The maximum Gasteiger partial charge on any atom is 0.319 e. The zero-order chi connectivity index (χ0) is 8.36. The van der Waals surface area contributed by atoms with Crippen molar-refractivity contribution in [2.24, 2.45) is 11.1 Å². The molecule has 0 heterocycles. The van der Waals surface area contributed by atoms with Gasteiger partial charge in [0, 0.05) is 5.54 Å². The molecule has 0 aliphatic carbocycles. The van der Waals surface area contributed by atoms with E-state index in [0.717, 1.165) is 0 Å². The molecule has 0 aromatic heterocycles. The molecule has 0 saturated heterocycles. The summed E-state index contributed by atoms with van der Waals surface area (Å²) in [5.74, 6) is 0. The van der Waals surface area contributed by atoms with E-state index in [0.29, 0.717) is 6.54 Å². The fourth-order valence-electron chi connectivity index (χ4n) is 0.589. The minimum atomic E-state index is -2.49. The summed E-state index contributed by atoms with van der Waals surface area (Å²) in [5, 5.41) is 0. The summed E-state index contributed by atoms with van der Waals surface area (Å²) in [4.78, 5) is 17.9. The first kappa shape index (κ1) is 10.1. The Hall–Kier alpha value is 0.0969. The van der Waals surface area contributed by atoms with Gasteiger partial charge in [0.25, 0.3) is 0 Å². The van der Waals surface area contributed by atoms with E-state index in [9.17, 15) is 0 Å². The second kappa shape index (κ2) is 3.48. The molecule has 3 nitrogen and oxygen atoms in total. The first-order valence-electron chi connectivity index (χ1n) is 3.48. The molecule has 0 aliphatic heterocycles. The summed E-state index contributed by atoms with van der Waals surface area (Å²) in [5.41, 5.74) is 5.26. The summed E-state index contributed by atoms with van der Waals surface area (Å²) in [6.45, 7) is 6.23. The van der Waals surface area contributed by atoms with Gasteiger partial charge in [-0.2, -0.15) is 0 Å². The topological polar surface area (TPSA) is 66.5 Å². The molecule has 0 rings (SSSR count). The van der Waals surface area contributed by atoms with E-state index >= 15 is 0 Å².